The molecule has 0 radical (unpaired) electrons. The number of hydrogen-bond acceptors (Lipinski definition) is 8. The highest BCUT2D eigenvalue weighted by molar-refractivity contribution is 6.36. The van der Waals surface area contributed by atoms with E-state index in [1.165, 1.54) is 4.90 Å². The molecule has 1 aromatic rings. The third kappa shape index (κ3) is 6.19. The highest BCUT2D eigenvalue weighted by Gasteiger charge is 2.54. The molecule has 4 rings (SSSR count). The predicted octanol–water partition coefficient (Wildman–Crippen LogP) is 1.88. The number of aliphatic hydroxyl groups excluding tert-OH is 1. The topological polar surface area (TPSA) is 124 Å². The molecule has 3 saturated heterocycles. The molecule has 10 nitrogen and oxygen atoms in total. The van der Waals surface area contributed by atoms with Crippen molar-refractivity contribution < 1.29 is 38.4 Å². The zero-order chi connectivity index (χ0) is 25.2. The van der Waals surface area contributed by atoms with Crippen molar-refractivity contribution in [1.29, 1.82) is 0 Å². The number of carbonyl (C=O) groups excluding carboxylic acids is 3. The zero-order valence-corrected chi connectivity index (χ0v) is 20.4. The number of nitrogens with zero attached hydrogens (tertiary/aromatic N) is 1. The number of hydrogen-bond donors (Lipinski definition) is 2. The molecule has 10 heteroatoms. The number of benzene rings is 1. The number of Topliss-reactive ketones (excluding diaryl/α,β-unsaturated/α-hetero) is 1. The molecule has 2 N–H and O–H groups in total. The van der Waals surface area contributed by atoms with E-state index in [2.05, 4.69) is 5.32 Å². The third-order valence-corrected chi connectivity index (χ3v) is 6.78. The molecule has 0 aromatic heterocycles. The molecule has 3 aliphatic heterocycles. The summed E-state index contributed by atoms with van der Waals surface area (Å²) in [5, 5.41) is 13.3. The summed E-state index contributed by atoms with van der Waals surface area (Å²) in [6.45, 7) is 6.27. The van der Waals surface area contributed by atoms with Crippen molar-refractivity contribution in [1.82, 2.24) is 10.2 Å². The van der Waals surface area contributed by atoms with Crippen LogP contribution < -0.4 is 5.32 Å². The number of likely N-dealkylation sites (tertiary alicyclic amines) is 1. The van der Waals surface area contributed by atoms with E-state index >= 15 is 0 Å². The van der Waals surface area contributed by atoms with E-state index in [0.29, 0.717) is 25.9 Å². The Labute approximate surface area is 204 Å². The molecule has 3 heterocycles. The Bertz CT molecular complexity index is 929. The van der Waals surface area contributed by atoms with Crippen molar-refractivity contribution >= 4 is 17.8 Å². The van der Waals surface area contributed by atoms with Gasteiger partial charge in [0.25, 0.3) is 5.91 Å². The van der Waals surface area contributed by atoms with Gasteiger partial charge in [-0.3, -0.25) is 9.59 Å². The van der Waals surface area contributed by atoms with Crippen LogP contribution >= 0.6 is 0 Å². The van der Waals surface area contributed by atoms with Gasteiger partial charge in [0, 0.05) is 25.0 Å². The van der Waals surface area contributed by atoms with Crippen LogP contribution in [-0.4, -0.2) is 76.8 Å². The van der Waals surface area contributed by atoms with Crippen LogP contribution in [0.4, 0.5) is 4.79 Å². The molecule has 4 atom stereocenters. The standard InChI is InChI=1S/C25H34N2O8/c1-24(2)34-20-19(29)18(33-22(20)35-24)10-9-17(28)21(30)27-13-11-25(3,12-14-27)26-23(31)32-15-16-7-5-4-6-8-16/h4-8,18-20,22,29H,9-15H2,1-3H3,(H,26,31)/t18-,19+,20-,22-/m1/s1. The van der Waals surface area contributed by atoms with Gasteiger partial charge >= 0.3 is 6.09 Å². The molecule has 0 unspecified atom stereocenters. The van der Waals surface area contributed by atoms with Gasteiger partial charge in [-0.05, 0) is 45.6 Å². The van der Waals surface area contributed by atoms with Gasteiger partial charge in [0.2, 0.25) is 5.78 Å². The van der Waals surface area contributed by atoms with Crippen LogP contribution in [0.5, 0.6) is 0 Å². The molecule has 35 heavy (non-hydrogen) atoms. The average molecular weight is 491 g/mol. The van der Waals surface area contributed by atoms with Crippen LogP contribution in [0.25, 0.3) is 0 Å². The van der Waals surface area contributed by atoms with Crippen LogP contribution in [0.3, 0.4) is 0 Å². The van der Waals surface area contributed by atoms with Crippen molar-refractivity contribution in [2.24, 2.45) is 0 Å². The van der Waals surface area contributed by atoms with Gasteiger partial charge in [-0.2, -0.15) is 0 Å². The maximum atomic E-state index is 12.7. The Morgan fingerprint density at radius 3 is 2.46 bits per heavy atom. The molecule has 1 aromatic carbocycles. The number of aliphatic hydroxyl groups is 1. The molecular formula is C25H34N2O8. The summed E-state index contributed by atoms with van der Waals surface area (Å²) >= 11 is 0. The Morgan fingerprint density at radius 2 is 1.80 bits per heavy atom. The molecule has 0 spiro atoms. The van der Waals surface area contributed by atoms with Crippen molar-refractivity contribution in [3.8, 4) is 0 Å². The van der Waals surface area contributed by atoms with E-state index < -0.39 is 53.7 Å². The molecule has 0 aliphatic carbocycles. The lowest BCUT2D eigenvalue weighted by molar-refractivity contribution is -0.215. The van der Waals surface area contributed by atoms with Crippen LogP contribution in [0.1, 0.15) is 52.0 Å². The summed E-state index contributed by atoms with van der Waals surface area (Å²) in [4.78, 5) is 39.0. The fraction of sp³-hybridized carbons (Fsp3) is 0.640. The summed E-state index contributed by atoms with van der Waals surface area (Å²) in [5.74, 6) is -1.91. The Balaban J connectivity index is 1.18. The molecule has 192 valence electrons. The lowest BCUT2D eigenvalue weighted by atomic mass is 9.89. The lowest BCUT2D eigenvalue weighted by Crippen LogP contribution is -2.55. The van der Waals surface area contributed by atoms with Crippen molar-refractivity contribution in [2.45, 2.75) is 89.0 Å². The first-order valence-electron chi connectivity index (χ1n) is 12.1. The minimum Gasteiger partial charge on any atom is -0.445 e. The fourth-order valence-corrected chi connectivity index (χ4v) is 4.69. The molecule has 3 fully saturated rings. The Morgan fingerprint density at radius 1 is 1.11 bits per heavy atom. The number of ether oxygens (including phenoxy) is 4. The second kappa shape index (κ2) is 10.2. The second-order valence-corrected chi connectivity index (χ2v) is 10.1. The maximum absolute atomic E-state index is 12.7. The summed E-state index contributed by atoms with van der Waals surface area (Å²) in [7, 11) is 0. The van der Waals surface area contributed by atoms with Crippen LogP contribution in [0.15, 0.2) is 30.3 Å². The van der Waals surface area contributed by atoms with E-state index in [9.17, 15) is 19.5 Å². The monoisotopic (exact) mass is 490 g/mol. The lowest BCUT2D eigenvalue weighted by Gasteiger charge is -2.39. The van der Waals surface area contributed by atoms with Gasteiger partial charge in [-0.25, -0.2) is 4.79 Å². The van der Waals surface area contributed by atoms with Gasteiger partial charge in [0.1, 0.15) is 18.8 Å². The van der Waals surface area contributed by atoms with Crippen molar-refractivity contribution in [3.63, 3.8) is 0 Å². The Kier molecular flexibility index (Phi) is 7.46. The fourth-order valence-electron chi connectivity index (χ4n) is 4.69. The van der Waals surface area contributed by atoms with E-state index in [-0.39, 0.29) is 19.4 Å². The van der Waals surface area contributed by atoms with Gasteiger partial charge in [-0.1, -0.05) is 30.3 Å². The van der Waals surface area contributed by atoms with Gasteiger partial charge in [0.05, 0.1) is 6.10 Å². The van der Waals surface area contributed by atoms with Crippen LogP contribution in [0.2, 0.25) is 0 Å². The van der Waals surface area contributed by atoms with Crippen LogP contribution in [0, 0.1) is 0 Å². The quantitative estimate of drug-likeness (QED) is 0.556. The average Bonchev–Trinajstić information content (AvgIpc) is 3.28. The largest absolute Gasteiger partial charge is 0.445 e. The predicted molar refractivity (Wildman–Crippen MR) is 123 cm³/mol. The highest BCUT2D eigenvalue weighted by atomic mass is 16.8. The molecule has 0 bridgehead atoms. The summed E-state index contributed by atoms with van der Waals surface area (Å²) < 4.78 is 22.3. The maximum Gasteiger partial charge on any atom is 0.407 e. The SMILES string of the molecule is CC1(NC(=O)OCc2ccccc2)CCN(C(=O)C(=O)CC[C@H]2O[C@@H]3OC(C)(C)O[C@@H]3[C@H]2O)CC1. The summed E-state index contributed by atoms with van der Waals surface area (Å²) in [5.41, 5.74) is 0.371. The number of nitrogens with one attached hydrogen (secondary N) is 1. The van der Waals surface area contributed by atoms with E-state index in [0.717, 1.165) is 5.56 Å². The molecule has 3 aliphatic rings. The van der Waals surface area contributed by atoms with Gasteiger partial charge < -0.3 is 34.3 Å². The highest BCUT2D eigenvalue weighted by Crippen LogP contribution is 2.38. The smallest absolute Gasteiger partial charge is 0.407 e. The van der Waals surface area contributed by atoms with Crippen molar-refractivity contribution in [2.75, 3.05) is 13.1 Å². The first-order valence-corrected chi connectivity index (χ1v) is 12.1. The zero-order valence-electron chi connectivity index (χ0n) is 20.4. The minimum absolute atomic E-state index is 0.0405. The number of fused-ring (bicyclic) bond motifs is 1. The third-order valence-electron chi connectivity index (χ3n) is 6.78. The van der Waals surface area contributed by atoms with E-state index in [1.54, 1.807) is 13.8 Å². The van der Waals surface area contributed by atoms with Crippen LogP contribution in [-0.2, 0) is 35.1 Å². The number of amides is 2. The number of rotatable bonds is 7. The molecular weight excluding hydrogens is 456 g/mol. The van der Waals surface area contributed by atoms with Gasteiger partial charge in [-0.15, -0.1) is 0 Å². The molecule has 2 amide bonds. The van der Waals surface area contributed by atoms with E-state index in [1.807, 2.05) is 37.3 Å². The normalized spacial score (nSPS) is 28.9. The Hall–Kier alpha value is -2.53. The summed E-state index contributed by atoms with van der Waals surface area (Å²) in [6, 6.07) is 9.41. The first-order chi connectivity index (χ1) is 16.6. The molecule has 0 saturated carbocycles. The second-order valence-electron chi connectivity index (χ2n) is 10.1. The van der Waals surface area contributed by atoms with Crippen molar-refractivity contribution in [3.05, 3.63) is 35.9 Å². The van der Waals surface area contributed by atoms with E-state index in [4.69, 9.17) is 18.9 Å². The number of carbonyl (C=O) groups is 3. The number of piperidine rings is 1. The van der Waals surface area contributed by atoms with Gasteiger partial charge in [0.15, 0.2) is 12.1 Å². The summed E-state index contributed by atoms with van der Waals surface area (Å²) in [6.07, 6.45) is -2.18. The number of alkyl carbamates (subject to hydrolysis) is 1. The first kappa shape index (κ1) is 25.6. The number of ketones is 1. The minimum atomic E-state index is -0.923.